The topological polar surface area (TPSA) is 68.8 Å². The van der Waals surface area contributed by atoms with Crippen LogP contribution in [0.15, 0.2) is 24.3 Å². The quantitative estimate of drug-likeness (QED) is 0.522. The molecule has 1 fully saturated rings. The molecular weight excluding hydrogens is 391 g/mol. The predicted molar refractivity (Wildman–Crippen MR) is 98.8 cm³/mol. The van der Waals surface area contributed by atoms with Crippen LogP contribution in [0.2, 0.25) is 0 Å². The maximum atomic E-state index is 12.0. The SMILES string of the molecule is CCOc1ccc(NC(NC(=O)OCC2CCCO2)C(Cl)(Cl)Cl)cc1. The molecule has 0 saturated carbocycles. The number of halogens is 3. The molecule has 140 valence electrons. The third-order valence-corrected chi connectivity index (χ3v) is 4.14. The van der Waals surface area contributed by atoms with Gasteiger partial charge in [-0.3, -0.25) is 5.32 Å². The van der Waals surface area contributed by atoms with E-state index in [1.165, 1.54) is 0 Å². The van der Waals surface area contributed by atoms with Gasteiger partial charge >= 0.3 is 6.09 Å². The summed E-state index contributed by atoms with van der Waals surface area (Å²) in [7, 11) is 0. The molecule has 1 aromatic rings. The highest BCUT2D eigenvalue weighted by atomic mass is 35.6. The third-order valence-electron chi connectivity index (χ3n) is 3.49. The average molecular weight is 412 g/mol. The van der Waals surface area contributed by atoms with Crippen LogP contribution in [0, 0.1) is 0 Å². The minimum atomic E-state index is -1.78. The van der Waals surface area contributed by atoms with Gasteiger partial charge in [0.25, 0.3) is 0 Å². The molecule has 9 heteroatoms. The van der Waals surface area contributed by atoms with Crippen molar-refractivity contribution < 1.29 is 19.0 Å². The number of alkyl carbamates (subject to hydrolysis) is 1. The van der Waals surface area contributed by atoms with Crippen molar-refractivity contribution in [3.8, 4) is 5.75 Å². The van der Waals surface area contributed by atoms with E-state index < -0.39 is 16.1 Å². The normalized spacial score (nSPS) is 18.5. The van der Waals surface area contributed by atoms with E-state index in [4.69, 9.17) is 49.0 Å². The van der Waals surface area contributed by atoms with Gasteiger partial charge in [-0.2, -0.15) is 0 Å². The number of alkyl halides is 3. The first-order valence-corrected chi connectivity index (χ1v) is 9.13. The zero-order chi connectivity index (χ0) is 18.3. The summed E-state index contributed by atoms with van der Waals surface area (Å²) in [5.41, 5.74) is 0.652. The number of rotatable bonds is 7. The molecule has 25 heavy (non-hydrogen) atoms. The molecule has 2 atom stereocenters. The minimum absolute atomic E-state index is 0.0731. The second-order valence-corrected chi connectivity index (χ2v) is 7.82. The van der Waals surface area contributed by atoms with Crippen molar-refractivity contribution in [2.24, 2.45) is 0 Å². The summed E-state index contributed by atoms with van der Waals surface area (Å²) in [6.07, 6.45) is 0.0888. The van der Waals surface area contributed by atoms with E-state index in [1.807, 2.05) is 6.92 Å². The highest BCUT2D eigenvalue weighted by Gasteiger charge is 2.34. The lowest BCUT2D eigenvalue weighted by Gasteiger charge is -2.27. The van der Waals surface area contributed by atoms with Crippen LogP contribution in [0.25, 0.3) is 0 Å². The highest BCUT2D eigenvalue weighted by Crippen LogP contribution is 2.31. The van der Waals surface area contributed by atoms with Gasteiger partial charge in [0.05, 0.1) is 12.7 Å². The number of benzene rings is 1. The fourth-order valence-electron chi connectivity index (χ4n) is 2.28. The Bertz CT molecular complexity index is 545. The Balaban J connectivity index is 1.90. The summed E-state index contributed by atoms with van der Waals surface area (Å²) in [6, 6.07) is 7.07. The van der Waals surface area contributed by atoms with Crippen LogP contribution in [-0.2, 0) is 9.47 Å². The number of anilines is 1. The zero-order valence-electron chi connectivity index (χ0n) is 13.8. The fraction of sp³-hybridized carbons (Fsp3) is 0.562. The number of ether oxygens (including phenoxy) is 3. The van der Waals surface area contributed by atoms with Crippen molar-refractivity contribution in [2.45, 2.75) is 35.8 Å². The molecule has 0 spiro atoms. The molecule has 0 aromatic heterocycles. The maximum Gasteiger partial charge on any atom is 0.408 e. The summed E-state index contributed by atoms with van der Waals surface area (Å²) in [5.74, 6) is 0.724. The summed E-state index contributed by atoms with van der Waals surface area (Å²) in [6.45, 7) is 3.33. The summed E-state index contributed by atoms with van der Waals surface area (Å²) in [4.78, 5) is 12.0. The summed E-state index contributed by atoms with van der Waals surface area (Å²) < 4.78 is 14.1. The van der Waals surface area contributed by atoms with Gasteiger partial charge in [-0.1, -0.05) is 34.8 Å². The van der Waals surface area contributed by atoms with Gasteiger partial charge in [-0.05, 0) is 44.0 Å². The van der Waals surface area contributed by atoms with Crippen molar-refractivity contribution in [1.29, 1.82) is 0 Å². The van der Waals surface area contributed by atoms with E-state index in [2.05, 4.69) is 10.6 Å². The standard InChI is InChI=1S/C16H21Cl3N2O4/c1-2-23-12-7-5-11(6-8-12)20-14(16(17,18)19)21-15(22)25-10-13-4-3-9-24-13/h5-8,13-14,20H,2-4,9-10H2,1H3,(H,21,22). The minimum Gasteiger partial charge on any atom is -0.494 e. The van der Waals surface area contributed by atoms with Crippen LogP contribution in [0.3, 0.4) is 0 Å². The van der Waals surface area contributed by atoms with Crippen molar-refractivity contribution in [2.75, 3.05) is 25.1 Å². The smallest absolute Gasteiger partial charge is 0.408 e. The molecule has 6 nitrogen and oxygen atoms in total. The molecule has 1 aliphatic heterocycles. The number of carbonyl (C=O) groups excluding carboxylic acids is 1. The van der Waals surface area contributed by atoms with Crippen molar-refractivity contribution in [1.82, 2.24) is 5.32 Å². The summed E-state index contributed by atoms with van der Waals surface area (Å²) >= 11 is 17.9. The van der Waals surface area contributed by atoms with Crippen LogP contribution in [0.1, 0.15) is 19.8 Å². The Morgan fingerprint density at radius 2 is 2.08 bits per heavy atom. The number of hydrogen-bond acceptors (Lipinski definition) is 5. The Morgan fingerprint density at radius 1 is 1.36 bits per heavy atom. The van der Waals surface area contributed by atoms with Gasteiger partial charge in [-0.25, -0.2) is 4.79 Å². The van der Waals surface area contributed by atoms with Crippen LogP contribution >= 0.6 is 34.8 Å². The van der Waals surface area contributed by atoms with Crippen LogP contribution in [-0.4, -0.2) is 42.0 Å². The van der Waals surface area contributed by atoms with E-state index >= 15 is 0 Å². The molecule has 1 heterocycles. The van der Waals surface area contributed by atoms with Gasteiger partial charge in [0.1, 0.15) is 18.5 Å². The van der Waals surface area contributed by atoms with E-state index in [0.29, 0.717) is 18.9 Å². The molecule has 2 rings (SSSR count). The predicted octanol–water partition coefficient (Wildman–Crippen LogP) is 4.10. The van der Waals surface area contributed by atoms with Gasteiger partial charge in [0.2, 0.25) is 3.79 Å². The Hall–Kier alpha value is -1.08. The molecular formula is C16H21Cl3N2O4. The average Bonchev–Trinajstić information content (AvgIpc) is 3.07. The van der Waals surface area contributed by atoms with E-state index in [9.17, 15) is 4.79 Å². The largest absolute Gasteiger partial charge is 0.494 e. The lowest BCUT2D eigenvalue weighted by molar-refractivity contribution is 0.0432. The molecule has 0 radical (unpaired) electrons. The van der Waals surface area contributed by atoms with E-state index in [0.717, 1.165) is 18.6 Å². The van der Waals surface area contributed by atoms with Gasteiger partial charge in [-0.15, -0.1) is 0 Å². The van der Waals surface area contributed by atoms with E-state index in [1.54, 1.807) is 24.3 Å². The van der Waals surface area contributed by atoms with Crippen LogP contribution in [0.4, 0.5) is 10.5 Å². The lowest BCUT2D eigenvalue weighted by atomic mass is 10.2. The Kier molecular flexibility index (Phi) is 7.75. The molecule has 0 aliphatic carbocycles. The van der Waals surface area contributed by atoms with Crippen LogP contribution < -0.4 is 15.4 Å². The second kappa shape index (κ2) is 9.57. The third kappa shape index (κ3) is 6.98. The Labute approximate surface area is 162 Å². The van der Waals surface area contributed by atoms with Crippen molar-refractivity contribution >= 4 is 46.6 Å². The van der Waals surface area contributed by atoms with Crippen LogP contribution in [0.5, 0.6) is 5.75 Å². The number of carbonyl (C=O) groups is 1. The summed E-state index contributed by atoms with van der Waals surface area (Å²) in [5, 5.41) is 5.47. The maximum absolute atomic E-state index is 12.0. The monoisotopic (exact) mass is 410 g/mol. The number of hydrogen-bond donors (Lipinski definition) is 2. The highest BCUT2D eigenvalue weighted by molar-refractivity contribution is 6.68. The van der Waals surface area contributed by atoms with Gasteiger partial charge < -0.3 is 19.5 Å². The van der Waals surface area contributed by atoms with Gasteiger partial charge in [0, 0.05) is 12.3 Å². The zero-order valence-corrected chi connectivity index (χ0v) is 16.0. The molecule has 2 unspecified atom stereocenters. The van der Waals surface area contributed by atoms with E-state index in [-0.39, 0.29) is 12.7 Å². The number of nitrogens with one attached hydrogen (secondary N) is 2. The molecule has 1 amide bonds. The first-order chi connectivity index (χ1) is 11.9. The van der Waals surface area contributed by atoms with Crippen molar-refractivity contribution in [3.05, 3.63) is 24.3 Å². The fourth-order valence-corrected chi connectivity index (χ4v) is 2.61. The van der Waals surface area contributed by atoms with Gasteiger partial charge in [0.15, 0.2) is 0 Å². The van der Waals surface area contributed by atoms with Crippen molar-refractivity contribution in [3.63, 3.8) is 0 Å². The molecule has 1 aromatic carbocycles. The molecule has 1 aliphatic rings. The molecule has 0 bridgehead atoms. The first kappa shape index (κ1) is 20.2. The number of amides is 1. The Morgan fingerprint density at radius 3 is 2.64 bits per heavy atom. The molecule has 2 N–H and O–H groups in total. The molecule has 1 saturated heterocycles. The second-order valence-electron chi connectivity index (χ2n) is 5.45. The lowest BCUT2D eigenvalue weighted by Crippen LogP contribution is -2.49. The first-order valence-electron chi connectivity index (χ1n) is 7.99.